The predicted molar refractivity (Wildman–Crippen MR) is 117 cm³/mol. The van der Waals surface area contributed by atoms with Crippen molar-refractivity contribution in [3.63, 3.8) is 0 Å². The van der Waals surface area contributed by atoms with E-state index in [0.29, 0.717) is 40.1 Å². The Morgan fingerprint density at radius 2 is 1.83 bits per heavy atom. The van der Waals surface area contributed by atoms with Gasteiger partial charge in [-0.25, -0.2) is 4.39 Å². The molecule has 160 valence electrons. The topological polar surface area (TPSA) is 64.7 Å². The zero-order valence-corrected chi connectivity index (χ0v) is 19.1. The average Bonchev–Trinajstić information content (AvgIpc) is 3.09. The van der Waals surface area contributed by atoms with Crippen LogP contribution in [0.25, 0.3) is 0 Å². The lowest BCUT2D eigenvalue weighted by atomic mass is 10.2. The second-order valence-electron chi connectivity index (χ2n) is 7.28. The standard InChI is InChI=1S/C21H24Cl2FN5O/c1-6-18(29-13(4)19(23)11(2)27-29)21(30)25-20-12(3)26-28(14(20)5)10-15-7-8-16(24)9-17(15)22/h7-9,18H,6,10H2,1-5H3,(H,25,30). The average molecular weight is 452 g/mol. The number of hydrogen-bond acceptors (Lipinski definition) is 3. The fourth-order valence-electron chi connectivity index (χ4n) is 3.47. The summed E-state index contributed by atoms with van der Waals surface area (Å²) in [5, 5.41) is 12.8. The molecule has 0 saturated carbocycles. The molecule has 1 aromatic carbocycles. The molecule has 0 aliphatic rings. The zero-order chi connectivity index (χ0) is 22.2. The molecule has 1 unspecified atom stereocenters. The van der Waals surface area contributed by atoms with Crippen LogP contribution >= 0.6 is 23.2 Å². The van der Waals surface area contributed by atoms with E-state index in [1.54, 1.807) is 15.4 Å². The molecule has 1 atom stereocenters. The summed E-state index contributed by atoms with van der Waals surface area (Å²) >= 11 is 12.4. The van der Waals surface area contributed by atoms with Gasteiger partial charge in [-0.3, -0.25) is 14.2 Å². The molecule has 2 aromatic heterocycles. The normalized spacial score (nSPS) is 12.3. The third-order valence-corrected chi connectivity index (χ3v) is 6.09. The van der Waals surface area contributed by atoms with Gasteiger partial charge in [-0.2, -0.15) is 10.2 Å². The molecule has 9 heteroatoms. The summed E-state index contributed by atoms with van der Waals surface area (Å²) in [6.45, 7) is 9.65. The molecule has 30 heavy (non-hydrogen) atoms. The highest BCUT2D eigenvalue weighted by Crippen LogP contribution is 2.27. The van der Waals surface area contributed by atoms with Gasteiger partial charge in [0.05, 0.1) is 40.0 Å². The lowest BCUT2D eigenvalue weighted by Crippen LogP contribution is -2.27. The summed E-state index contributed by atoms with van der Waals surface area (Å²) in [5.41, 5.74) is 4.29. The second-order valence-corrected chi connectivity index (χ2v) is 8.07. The number of benzene rings is 1. The Kier molecular flexibility index (Phi) is 6.53. The number of hydrogen-bond donors (Lipinski definition) is 1. The zero-order valence-electron chi connectivity index (χ0n) is 17.6. The highest BCUT2D eigenvalue weighted by atomic mass is 35.5. The lowest BCUT2D eigenvalue weighted by molar-refractivity contribution is -0.119. The van der Waals surface area contributed by atoms with Gasteiger partial charge in [-0.1, -0.05) is 36.2 Å². The van der Waals surface area contributed by atoms with Gasteiger partial charge in [0.15, 0.2) is 0 Å². The summed E-state index contributed by atoms with van der Waals surface area (Å²) in [7, 11) is 0. The van der Waals surface area contributed by atoms with E-state index in [9.17, 15) is 9.18 Å². The van der Waals surface area contributed by atoms with Crippen molar-refractivity contribution < 1.29 is 9.18 Å². The van der Waals surface area contributed by atoms with Crippen LogP contribution < -0.4 is 5.32 Å². The molecule has 0 radical (unpaired) electrons. The minimum atomic E-state index is -0.495. The molecule has 0 spiro atoms. The molecule has 0 saturated heterocycles. The Bertz CT molecular complexity index is 1110. The van der Waals surface area contributed by atoms with Gasteiger partial charge in [0.1, 0.15) is 11.9 Å². The Balaban J connectivity index is 1.85. The molecule has 6 nitrogen and oxygen atoms in total. The van der Waals surface area contributed by atoms with Crippen molar-refractivity contribution in [3.05, 3.63) is 62.4 Å². The van der Waals surface area contributed by atoms with Gasteiger partial charge in [0.25, 0.3) is 0 Å². The van der Waals surface area contributed by atoms with Crippen LogP contribution in [0.2, 0.25) is 10.0 Å². The number of nitrogens with one attached hydrogen (secondary N) is 1. The maximum Gasteiger partial charge on any atom is 0.249 e. The molecule has 2 heterocycles. The Hall–Kier alpha value is -2.38. The second kappa shape index (κ2) is 8.78. The molecule has 0 aliphatic heterocycles. The minimum absolute atomic E-state index is 0.190. The summed E-state index contributed by atoms with van der Waals surface area (Å²) in [4.78, 5) is 13.1. The van der Waals surface area contributed by atoms with E-state index in [2.05, 4.69) is 15.5 Å². The molecule has 0 fully saturated rings. The van der Waals surface area contributed by atoms with Gasteiger partial charge >= 0.3 is 0 Å². The van der Waals surface area contributed by atoms with Crippen LogP contribution in [0, 0.1) is 33.5 Å². The number of halogens is 3. The van der Waals surface area contributed by atoms with E-state index in [4.69, 9.17) is 23.2 Å². The smallest absolute Gasteiger partial charge is 0.249 e. The van der Waals surface area contributed by atoms with Gasteiger partial charge in [0.2, 0.25) is 5.91 Å². The van der Waals surface area contributed by atoms with Crippen LogP contribution in [-0.4, -0.2) is 25.5 Å². The van der Waals surface area contributed by atoms with Crippen LogP contribution in [0.3, 0.4) is 0 Å². The number of nitrogens with zero attached hydrogens (tertiary/aromatic N) is 4. The largest absolute Gasteiger partial charge is 0.321 e. The number of amides is 1. The van der Waals surface area contributed by atoms with Crippen LogP contribution in [0.1, 0.15) is 47.7 Å². The van der Waals surface area contributed by atoms with Crippen LogP contribution in [0.5, 0.6) is 0 Å². The fraction of sp³-hybridized carbons (Fsp3) is 0.381. The van der Waals surface area contributed by atoms with E-state index >= 15 is 0 Å². The van der Waals surface area contributed by atoms with E-state index in [-0.39, 0.29) is 11.7 Å². The van der Waals surface area contributed by atoms with Crippen molar-refractivity contribution in [2.24, 2.45) is 0 Å². The molecule has 3 rings (SSSR count). The van der Waals surface area contributed by atoms with E-state index < -0.39 is 6.04 Å². The van der Waals surface area contributed by atoms with Crippen LogP contribution in [0.4, 0.5) is 10.1 Å². The SMILES string of the molecule is CCC(C(=O)Nc1c(C)nn(Cc2ccc(F)cc2Cl)c1C)n1nc(C)c(Cl)c1C. The van der Waals surface area contributed by atoms with Crippen molar-refractivity contribution in [1.82, 2.24) is 19.6 Å². The maximum absolute atomic E-state index is 13.3. The van der Waals surface area contributed by atoms with E-state index in [1.165, 1.54) is 12.1 Å². The quantitative estimate of drug-likeness (QED) is 0.545. The first-order chi connectivity index (χ1) is 14.1. The van der Waals surface area contributed by atoms with Gasteiger partial charge < -0.3 is 5.32 Å². The van der Waals surface area contributed by atoms with Crippen LogP contribution in [-0.2, 0) is 11.3 Å². The number of aromatic nitrogens is 4. The fourth-order valence-corrected chi connectivity index (χ4v) is 3.82. The van der Waals surface area contributed by atoms with Crippen LogP contribution in [0.15, 0.2) is 18.2 Å². The molecule has 1 amide bonds. The van der Waals surface area contributed by atoms with E-state index in [1.807, 2.05) is 34.6 Å². The highest BCUT2D eigenvalue weighted by Gasteiger charge is 2.25. The molecular weight excluding hydrogens is 428 g/mol. The number of rotatable bonds is 6. The Morgan fingerprint density at radius 3 is 2.40 bits per heavy atom. The van der Waals surface area contributed by atoms with Crippen molar-refractivity contribution in [2.45, 2.75) is 53.6 Å². The molecule has 0 bridgehead atoms. The molecule has 3 aromatic rings. The number of anilines is 1. The van der Waals surface area contributed by atoms with E-state index in [0.717, 1.165) is 17.0 Å². The van der Waals surface area contributed by atoms with Gasteiger partial charge in [-0.15, -0.1) is 0 Å². The summed E-state index contributed by atoms with van der Waals surface area (Å²) in [6, 6.07) is 3.77. The van der Waals surface area contributed by atoms with Crippen molar-refractivity contribution >= 4 is 34.8 Å². The number of carbonyl (C=O) groups is 1. The maximum atomic E-state index is 13.3. The summed E-state index contributed by atoms with van der Waals surface area (Å²) in [6.07, 6.45) is 0.557. The Morgan fingerprint density at radius 1 is 1.13 bits per heavy atom. The van der Waals surface area contributed by atoms with Crippen molar-refractivity contribution in [3.8, 4) is 0 Å². The minimum Gasteiger partial charge on any atom is -0.321 e. The lowest BCUT2D eigenvalue weighted by Gasteiger charge is -2.17. The Labute approximate surface area is 185 Å². The van der Waals surface area contributed by atoms with Gasteiger partial charge in [-0.05, 0) is 51.8 Å². The first-order valence-electron chi connectivity index (χ1n) is 9.64. The summed E-state index contributed by atoms with van der Waals surface area (Å²) < 4.78 is 16.7. The first-order valence-corrected chi connectivity index (χ1v) is 10.4. The monoisotopic (exact) mass is 451 g/mol. The first kappa shape index (κ1) is 22.3. The molecular formula is C21H24Cl2FN5O. The summed E-state index contributed by atoms with van der Waals surface area (Å²) in [5.74, 6) is -0.578. The predicted octanol–water partition coefficient (Wildman–Crippen LogP) is 5.40. The third kappa shape index (κ3) is 4.23. The van der Waals surface area contributed by atoms with Crippen molar-refractivity contribution in [1.29, 1.82) is 0 Å². The highest BCUT2D eigenvalue weighted by molar-refractivity contribution is 6.32. The molecule has 0 aliphatic carbocycles. The van der Waals surface area contributed by atoms with Crippen molar-refractivity contribution in [2.75, 3.05) is 5.32 Å². The molecule has 1 N–H and O–H groups in total. The van der Waals surface area contributed by atoms with Gasteiger partial charge in [0, 0.05) is 5.02 Å². The third-order valence-electron chi connectivity index (χ3n) is 5.19. The number of carbonyl (C=O) groups excluding carboxylic acids is 1. The number of aryl methyl sites for hydroxylation is 2.